The van der Waals surface area contributed by atoms with Crippen molar-refractivity contribution >= 4 is 37.5 Å². The average molecular weight is 381 g/mol. The van der Waals surface area contributed by atoms with Crippen LogP contribution in [0, 0.1) is 16.0 Å². The van der Waals surface area contributed by atoms with Gasteiger partial charge >= 0.3 is 5.69 Å². The highest BCUT2D eigenvalue weighted by atomic mass is 79.9. The van der Waals surface area contributed by atoms with Crippen LogP contribution in [0.2, 0.25) is 0 Å². The number of hydrogen-bond acceptors (Lipinski definition) is 3. The van der Waals surface area contributed by atoms with E-state index in [-0.39, 0.29) is 5.69 Å². The molecule has 0 fully saturated rings. The second-order valence-electron chi connectivity index (χ2n) is 4.07. The molecule has 6 heteroatoms. The number of benzene rings is 1. The second-order valence-corrected chi connectivity index (χ2v) is 5.71. The van der Waals surface area contributed by atoms with E-state index in [1.807, 2.05) is 0 Å². The summed E-state index contributed by atoms with van der Waals surface area (Å²) in [6.45, 7) is 2.62. The van der Waals surface area contributed by atoms with Crippen molar-refractivity contribution in [3.8, 4) is 5.75 Å². The molecule has 1 unspecified atom stereocenters. The van der Waals surface area contributed by atoms with Crippen molar-refractivity contribution < 1.29 is 9.66 Å². The van der Waals surface area contributed by atoms with Crippen LogP contribution in [-0.4, -0.2) is 16.9 Å². The first kappa shape index (κ1) is 15.4. The first-order valence-corrected chi connectivity index (χ1v) is 7.59. The number of halogens is 2. The van der Waals surface area contributed by atoms with E-state index in [9.17, 15) is 10.1 Å². The molecule has 100 valence electrons. The molecule has 0 radical (unpaired) electrons. The van der Waals surface area contributed by atoms with Gasteiger partial charge in [0.15, 0.2) is 0 Å². The third-order valence-corrected chi connectivity index (χ3v) is 3.68. The van der Waals surface area contributed by atoms with E-state index in [1.54, 1.807) is 12.1 Å². The number of ether oxygens (including phenoxy) is 1. The third-order valence-electron chi connectivity index (χ3n) is 2.60. The van der Waals surface area contributed by atoms with Crippen LogP contribution in [-0.2, 0) is 0 Å². The van der Waals surface area contributed by atoms with Crippen LogP contribution in [0.1, 0.15) is 19.8 Å². The Morgan fingerprint density at radius 2 is 2.17 bits per heavy atom. The Kier molecular flexibility index (Phi) is 6.63. The summed E-state index contributed by atoms with van der Waals surface area (Å²) in [5, 5.41) is 11.8. The van der Waals surface area contributed by atoms with Crippen LogP contribution in [0.25, 0.3) is 0 Å². The van der Waals surface area contributed by atoms with Gasteiger partial charge in [0.2, 0.25) is 5.75 Å². The van der Waals surface area contributed by atoms with Gasteiger partial charge in [0.25, 0.3) is 0 Å². The minimum atomic E-state index is -0.429. The maximum absolute atomic E-state index is 10.9. The van der Waals surface area contributed by atoms with Gasteiger partial charge in [0.1, 0.15) is 0 Å². The lowest BCUT2D eigenvalue weighted by Crippen LogP contribution is -2.06. The summed E-state index contributed by atoms with van der Waals surface area (Å²) in [5.74, 6) is 0.847. The number of alkyl halides is 1. The van der Waals surface area contributed by atoms with Gasteiger partial charge in [-0.05, 0) is 40.8 Å². The van der Waals surface area contributed by atoms with Crippen molar-refractivity contribution in [1.82, 2.24) is 0 Å². The van der Waals surface area contributed by atoms with Crippen LogP contribution >= 0.6 is 31.9 Å². The average Bonchev–Trinajstić information content (AvgIpc) is 2.31. The molecule has 1 rings (SSSR count). The number of nitrogens with zero attached hydrogens (tertiary/aromatic N) is 1. The molecule has 1 aromatic carbocycles. The largest absolute Gasteiger partial charge is 0.486 e. The van der Waals surface area contributed by atoms with Crippen LogP contribution in [0.4, 0.5) is 5.69 Å². The zero-order valence-electron chi connectivity index (χ0n) is 10.1. The molecule has 0 saturated heterocycles. The fraction of sp³-hybridized carbons (Fsp3) is 0.500. The standard InChI is InChI=1S/C12H15Br2NO3/c1-9(5-7-13)6-8-18-12-10(14)3-2-4-11(12)15(16)17/h2-4,9H,5-8H2,1H3. The molecule has 0 aliphatic rings. The summed E-state index contributed by atoms with van der Waals surface area (Å²) in [4.78, 5) is 10.4. The molecule has 0 N–H and O–H groups in total. The highest BCUT2D eigenvalue weighted by Crippen LogP contribution is 2.34. The van der Waals surface area contributed by atoms with E-state index >= 15 is 0 Å². The SMILES string of the molecule is CC(CCBr)CCOc1c(Br)cccc1[N+](=O)[O-]. The zero-order valence-corrected chi connectivity index (χ0v) is 13.2. The Labute approximate surface area is 123 Å². The lowest BCUT2D eigenvalue weighted by Gasteiger charge is -2.12. The van der Waals surface area contributed by atoms with E-state index < -0.39 is 4.92 Å². The normalized spacial score (nSPS) is 12.2. The van der Waals surface area contributed by atoms with Crippen molar-refractivity contribution in [3.63, 3.8) is 0 Å². The molecule has 1 atom stereocenters. The van der Waals surface area contributed by atoms with Crippen LogP contribution in [0.5, 0.6) is 5.75 Å². The second kappa shape index (κ2) is 7.74. The summed E-state index contributed by atoms with van der Waals surface area (Å²) in [6.07, 6.45) is 1.95. The summed E-state index contributed by atoms with van der Waals surface area (Å²) in [5.41, 5.74) is -0.00230. The fourth-order valence-electron chi connectivity index (χ4n) is 1.48. The molecule has 0 aliphatic heterocycles. The zero-order chi connectivity index (χ0) is 13.5. The maximum Gasteiger partial charge on any atom is 0.312 e. The Morgan fingerprint density at radius 1 is 1.44 bits per heavy atom. The minimum absolute atomic E-state index is 0.00230. The monoisotopic (exact) mass is 379 g/mol. The highest BCUT2D eigenvalue weighted by Gasteiger charge is 2.17. The molecule has 0 heterocycles. The molecule has 18 heavy (non-hydrogen) atoms. The van der Waals surface area contributed by atoms with Crippen molar-refractivity contribution in [2.45, 2.75) is 19.8 Å². The maximum atomic E-state index is 10.9. The summed E-state index contributed by atoms with van der Waals surface area (Å²) >= 11 is 6.67. The number of rotatable bonds is 7. The van der Waals surface area contributed by atoms with Crippen molar-refractivity contribution in [2.24, 2.45) is 5.92 Å². The number of nitro groups is 1. The molecule has 0 spiro atoms. The van der Waals surface area contributed by atoms with Gasteiger partial charge in [0, 0.05) is 11.4 Å². The first-order chi connectivity index (χ1) is 8.56. The minimum Gasteiger partial charge on any atom is -0.486 e. The van der Waals surface area contributed by atoms with Gasteiger partial charge in [-0.3, -0.25) is 10.1 Å². The molecule has 0 saturated carbocycles. The van der Waals surface area contributed by atoms with E-state index in [0.717, 1.165) is 18.2 Å². The van der Waals surface area contributed by atoms with Gasteiger partial charge in [0.05, 0.1) is 16.0 Å². The molecule has 0 bridgehead atoms. The Hall–Kier alpha value is -0.620. The molecular formula is C12H15Br2NO3. The number of hydrogen-bond donors (Lipinski definition) is 0. The summed E-state index contributed by atoms with van der Waals surface area (Å²) in [6, 6.07) is 4.81. The topological polar surface area (TPSA) is 52.4 Å². The van der Waals surface area contributed by atoms with E-state index in [0.29, 0.717) is 22.7 Å². The molecule has 4 nitrogen and oxygen atoms in total. The lowest BCUT2D eigenvalue weighted by atomic mass is 10.1. The van der Waals surface area contributed by atoms with Gasteiger partial charge in [-0.2, -0.15) is 0 Å². The van der Waals surface area contributed by atoms with Crippen LogP contribution in [0.3, 0.4) is 0 Å². The highest BCUT2D eigenvalue weighted by molar-refractivity contribution is 9.10. The van der Waals surface area contributed by atoms with E-state index in [1.165, 1.54) is 6.07 Å². The van der Waals surface area contributed by atoms with Gasteiger partial charge < -0.3 is 4.74 Å². The predicted molar refractivity (Wildman–Crippen MR) is 78.5 cm³/mol. The first-order valence-electron chi connectivity index (χ1n) is 5.68. The van der Waals surface area contributed by atoms with Crippen LogP contribution in [0.15, 0.2) is 22.7 Å². The molecule has 1 aromatic rings. The lowest BCUT2D eigenvalue weighted by molar-refractivity contribution is -0.386. The molecular weight excluding hydrogens is 366 g/mol. The third kappa shape index (κ3) is 4.57. The number of nitro benzene ring substituents is 1. The predicted octanol–water partition coefficient (Wildman–Crippen LogP) is 4.55. The smallest absolute Gasteiger partial charge is 0.312 e. The van der Waals surface area contributed by atoms with Gasteiger partial charge in [-0.25, -0.2) is 0 Å². The Morgan fingerprint density at radius 3 is 2.78 bits per heavy atom. The summed E-state index contributed by atoms with van der Waals surface area (Å²) < 4.78 is 6.16. The Bertz CT molecular complexity index is 412. The van der Waals surface area contributed by atoms with E-state index in [2.05, 4.69) is 38.8 Å². The Balaban J connectivity index is 2.64. The molecule has 0 amide bonds. The van der Waals surface area contributed by atoms with Crippen molar-refractivity contribution in [2.75, 3.05) is 11.9 Å². The molecule has 0 aromatic heterocycles. The van der Waals surface area contributed by atoms with Gasteiger partial charge in [-0.15, -0.1) is 0 Å². The quantitative estimate of drug-likeness (QED) is 0.396. The van der Waals surface area contributed by atoms with Crippen LogP contribution < -0.4 is 4.74 Å². The summed E-state index contributed by atoms with van der Waals surface area (Å²) in [7, 11) is 0. The molecule has 0 aliphatic carbocycles. The van der Waals surface area contributed by atoms with Gasteiger partial charge in [-0.1, -0.05) is 28.9 Å². The van der Waals surface area contributed by atoms with Crippen molar-refractivity contribution in [3.05, 3.63) is 32.8 Å². The van der Waals surface area contributed by atoms with E-state index in [4.69, 9.17) is 4.74 Å². The fourth-order valence-corrected chi connectivity index (χ4v) is 2.73. The van der Waals surface area contributed by atoms with Crippen molar-refractivity contribution in [1.29, 1.82) is 0 Å². The number of para-hydroxylation sites is 1.